The van der Waals surface area contributed by atoms with Crippen LogP contribution in [0.15, 0.2) is 90.4 Å². The number of rotatable bonds is 5. The Balaban J connectivity index is 1.76. The number of nitrogens with zero attached hydrogens (tertiary/aromatic N) is 1. The minimum Gasteiger partial charge on any atom is -0.383 e. The zero-order valence-electron chi connectivity index (χ0n) is 15.1. The number of benzene rings is 3. The highest BCUT2D eigenvalue weighted by molar-refractivity contribution is 6.04. The van der Waals surface area contributed by atoms with Crippen molar-refractivity contribution in [3.8, 4) is 0 Å². The molecule has 0 fully saturated rings. The lowest BCUT2D eigenvalue weighted by atomic mass is 10.1. The smallest absolute Gasteiger partial charge is 0.255 e. The van der Waals surface area contributed by atoms with E-state index in [0.717, 1.165) is 16.7 Å². The average Bonchev–Trinajstić information content (AvgIpc) is 2.69. The van der Waals surface area contributed by atoms with Crippen molar-refractivity contribution in [2.24, 2.45) is 10.7 Å². The van der Waals surface area contributed by atoms with Gasteiger partial charge in [0.1, 0.15) is 5.84 Å². The predicted octanol–water partition coefficient (Wildman–Crippen LogP) is 4.62. The van der Waals surface area contributed by atoms with Crippen molar-refractivity contribution in [1.29, 1.82) is 0 Å². The Morgan fingerprint density at radius 2 is 1.56 bits per heavy atom. The van der Waals surface area contributed by atoms with Crippen LogP contribution < -0.4 is 11.1 Å². The standard InChI is InChI=1S/C23H21N3O/c1-16-11-13-19(14-12-16)23(27)26-21-10-6-9-20(15-21)17(2)25-22(24)18-7-4-3-5-8-18/h3-15H,2H2,1H3,(H2,24,25)(H,26,27). The van der Waals surface area contributed by atoms with Gasteiger partial charge < -0.3 is 11.1 Å². The number of aryl methyl sites for hydroxylation is 1. The van der Waals surface area contributed by atoms with Crippen molar-refractivity contribution >= 4 is 23.1 Å². The van der Waals surface area contributed by atoms with Crippen LogP contribution >= 0.6 is 0 Å². The van der Waals surface area contributed by atoms with E-state index in [4.69, 9.17) is 5.73 Å². The Kier molecular flexibility index (Phi) is 5.47. The fourth-order valence-electron chi connectivity index (χ4n) is 2.57. The molecule has 0 aliphatic rings. The van der Waals surface area contributed by atoms with E-state index in [1.54, 1.807) is 12.1 Å². The summed E-state index contributed by atoms with van der Waals surface area (Å²) in [6.45, 7) is 5.98. The monoisotopic (exact) mass is 355 g/mol. The molecule has 0 aliphatic carbocycles. The van der Waals surface area contributed by atoms with E-state index in [2.05, 4.69) is 16.9 Å². The maximum absolute atomic E-state index is 12.4. The SMILES string of the molecule is C=C(N=C(N)c1ccccc1)c1cccc(NC(=O)c2ccc(C)cc2)c1. The van der Waals surface area contributed by atoms with Crippen molar-refractivity contribution in [2.75, 3.05) is 5.32 Å². The normalized spacial score (nSPS) is 11.1. The lowest BCUT2D eigenvalue weighted by Crippen LogP contribution is -2.13. The molecule has 3 N–H and O–H groups in total. The Morgan fingerprint density at radius 1 is 0.889 bits per heavy atom. The Bertz CT molecular complexity index is 990. The number of carbonyl (C=O) groups excluding carboxylic acids is 1. The van der Waals surface area contributed by atoms with Gasteiger partial charge in [0.15, 0.2) is 0 Å². The molecular formula is C23H21N3O. The van der Waals surface area contributed by atoms with Crippen LogP contribution in [-0.2, 0) is 0 Å². The Morgan fingerprint density at radius 3 is 2.26 bits per heavy atom. The molecule has 4 nitrogen and oxygen atoms in total. The van der Waals surface area contributed by atoms with Gasteiger partial charge in [0.05, 0.1) is 5.70 Å². The Labute approximate surface area is 159 Å². The third kappa shape index (κ3) is 4.70. The Hall–Kier alpha value is -3.66. The molecule has 3 aromatic rings. The number of amides is 1. The molecule has 0 heterocycles. The van der Waals surface area contributed by atoms with E-state index >= 15 is 0 Å². The topological polar surface area (TPSA) is 67.5 Å². The van der Waals surface area contributed by atoms with Gasteiger partial charge in [0.2, 0.25) is 0 Å². The largest absolute Gasteiger partial charge is 0.383 e. The van der Waals surface area contributed by atoms with Crippen molar-refractivity contribution < 1.29 is 4.79 Å². The molecular weight excluding hydrogens is 334 g/mol. The zero-order chi connectivity index (χ0) is 19.2. The van der Waals surface area contributed by atoms with E-state index in [9.17, 15) is 4.79 Å². The van der Waals surface area contributed by atoms with Gasteiger partial charge in [-0.15, -0.1) is 0 Å². The first-order valence-corrected chi connectivity index (χ1v) is 8.60. The molecule has 0 aliphatic heterocycles. The van der Waals surface area contributed by atoms with Gasteiger partial charge in [-0.1, -0.05) is 66.7 Å². The van der Waals surface area contributed by atoms with Gasteiger partial charge >= 0.3 is 0 Å². The number of aliphatic imine (C=N–C) groups is 1. The number of hydrogen-bond donors (Lipinski definition) is 2. The molecule has 3 aromatic carbocycles. The lowest BCUT2D eigenvalue weighted by molar-refractivity contribution is 0.102. The van der Waals surface area contributed by atoms with Gasteiger partial charge in [0, 0.05) is 22.4 Å². The maximum Gasteiger partial charge on any atom is 0.255 e. The molecule has 0 aromatic heterocycles. The van der Waals surface area contributed by atoms with E-state index < -0.39 is 0 Å². The third-order valence-corrected chi connectivity index (χ3v) is 4.09. The first-order chi connectivity index (χ1) is 13.0. The zero-order valence-corrected chi connectivity index (χ0v) is 15.1. The molecule has 0 radical (unpaired) electrons. The molecule has 0 atom stereocenters. The summed E-state index contributed by atoms with van der Waals surface area (Å²) in [5.41, 5.74) is 10.6. The lowest BCUT2D eigenvalue weighted by Gasteiger charge is -2.08. The van der Waals surface area contributed by atoms with E-state index in [-0.39, 0.29) is 5.91 Å². The highest BCUT2D eigenvalue weighted by Crippen LogP contribution is 2.20. The summed E-state index contributed by atoms with van der Waals surface area (Å²) < 4.78 is 0. The van der Waals surface area contributed by atoms with Crippen LogP contribution in [0.4, 0.5) is 5.69 Å². The number of carbonyl (C=O) groups is 1. The molecule has 0 unspecified atom stereocenters. The average molecular weight is 355 g/mol. The summed E-state index contributed by atoms with van der Waals surface area (Å²) in [7, 11) is 0. The van der Waals surface area contributed by atoms with Gasteiger partial charge in [-0.2, -0.15) is 0 Å². The van der Waals surface area contributed by atoms with E-state index in [1.807, 2.05) is 73.7 Å². The highest BCUT2D eigenvalue weighted by Gasteiger charge is 2.07. The summed E-state index contributed by atoms with van der Waals surface area (Å²) in [5, 5.41) is 2.90. The second kappa shape index (κ2) is 8.15. The first kappa shape index (κ1) is 18.1. The summed E-state index contributed by atoms with van der Waals surface area (Å²) in [6, 6.07) is 24.3. The summed E-state index contributed by atoms with van der Waals surface area (Å²) in [5.74, 6) is 0.236. The molecule has 0 spiro atoms. The van der Waals surface area contributed by atoms with E-state index in [1.165, 1.54) is 0 Å². The van der Waals surface area contributed by atoms with Crippen LogP contribution in [0.25, 0.3) is 5.70 Å². The molecule has 4 heteroatoms. The van der Waals surface area contributed by atoms with Crippen molar-refractivity contribution in [2.45, 2.75) is 6.92 Å². The molecule has 0 saturated heterocycles. The molecule has 1 amide bonds. The first-order valence-electron chi connectivity index (χ1n) is 8.60. The van der Waals surface area contributed by atoms with Gasteiger partial charge in [-0.3, -0.25) is 4.79 Å². The fourth-order valence-corrected chi connectivity index (χ4v) is 2.57. The molecule has 0 saturated carbocycles. The molecule has 3 rings (SSSR count). The molecule has 27 heavy (non-hydrogen) atoms. The maximum atomic E-state index is 12.4. The second-order valence-electron chi connectivity index (χ2n) is 6.21. The summed E-state index contributed by atoms with van der Waals surface area (Å²) in [6.07, 6.45) is 0. The molecule has 134 valence electrons. The number of nitrogens with two attached hydrogens (primary N) is 1. The van der Waals surface area contributed by atoms with Crippen LogP contribution in [0, 0.1) is 6.92 Å². The van der Waals surface area contributed by atoms with Crippen LogP contribution in [0.2, 0.25) is 0 Å². The number of amidine groups is 1. The van der Waals surface area contributed by atoms with Crippen LogP contribution in [0.5, 0.6) is 0 Å². The van der Waals surface area contributed by atoms with Crippen LogP contribution in [0.1, 0.15) is 27.0 Å². The van der Waals surface area contributed by atoms with Gasteiger partial charge in [-0.05, 0) is 31.2 Å². The van der Waals surface area contributed by atoms with Gasteiger partial charge in [0.25, 0.3) is 5.91 Å². The van der Waals surface area contributed by atoms with Gasteiger partial charge in [-0.25, -0.2) is 4.99 Å². The predicted molar refractivity (Wildman–Crippen MR) is 112 cm³/mol. The summed E-state index contributed by atoms with van der Waals surface area (Å²) in [4.78, 5) is 16.8. The summed E-state index contributed by atoms with van der Waals surface area (Å²) >= 11 is 0. The number of nitrogens with one attached hydrogen (secondary N) is 1. The number of hydrogen-bond acceptors (Lipinski definition) is 2. The number of anilines is 1. The van der Waals surface area contributed by atoms with Crippen molar-refractivity contribution in [3.63, 3.8) is 0 Å². The van der Waals surface area contributed by atoms with Crippen molar-refractivity contribution in [1.82, 2.24) is 0 Å². The quantitative estimate of drug-likeness (QED) is 0.518. The fraction of sp³-hybridized carbons (Fsp3) is 0.0435. The third-order valence-electron chi connectivity index (χ3n) is 4.09. The highest BCUT2D eigenvalue weighted by atomic mass is 16.1. The second-order valence-corrected chi connectivity index (χ2v) is 6.21. The minimum atomic E-state index is -0.162. The van der Waals surface area contributed by atoms with Crippen molar-refractivity contribution in [3.05, 3.63) is 108 Å². The van der Waals surface area contributed by atoms with Crippen LogP contribution in [-0.4, -0.2) is 11.7 Å². The minimum absolute atomic E-state index is 0.162. The molecule has 0 bridgehead atoms. The van der Waals surface area contributed by atoms with Crippen LogP contribution in [0.3, 0.4) is 0 Å². The van der Waals surface area contributed by atoms with E-state index in [0.29, 0.717) is 22.8 Å².